The lowest BCUT2D eigenvalue weighted by Gasteiger charge is -2.24. The molecule has 0 saturated carbocycles. The third-order valence-corrected chi connectivity index (χ3v) is 4.26. The van der Waals surface area contributed by atoms with Crippen molar-refractivity contribution in [1.29, 1.82) is 0 Å². The van der Waals surface area contributed by atoms with E-state index in [1.165, 1.54) is 7.11 Å². The molecule has 1 N–H and O–H groups in total. The van der Waals surface area contributed by atoms with Gasteiger partial charge in [-0.2, -0.15) is 0 Å². The summed E-state index contributed by atoms with van der Waals surface area (Å²) < 4.78 is 16.0. The third kappa shape index (κ3) is 6.48. The number of benzene rings is 1. The Balaban J connectivity index is 1.85. The summed E-state index contributed by atoms with van der Waals surface area (Å²) in [5.74, 6) is -0.804. The summed E-state index contributed by atoms with van der Waals surface area (Å²) in [6, 6.07) is 8.75. The molecule has 138 valence electrons. The molecular weight excluding hydrogens is 322 g/mol. The zero-order chi connectivity index (χ0) is 18.1. The fourth-order valence-corrected chi connectivity index (χ4v) is 2.74. The fourth-order valence-electron chi connectivity index (χ4n) is 2.74. The maximum atomic E-state index is 12.4. The van der Waals surface area contributed by atoms with Crippen LogP contribution in [0.15, 0.2) is 30.3 Å². The molecule has 6 heteroatoms. The second-order valence-electron chi connectivity index (χ2n) is 6.24. The minimum atomic E-state index is -0.739. The van der Waals surface area contributed by atoms with Crippen LogP contribution in [0.2, 0.25) is 0 Å². The molecule has 1 aromatic carbocycles. The van der Waals surface area contributed by atoms with Crippen molar-refractivity contribution in [3.8, 4) is 0 Å². The van der Waals surface area contributed by atoms with Gasteiger partial charge in [-0.25, -0.2) is 4.79 Å². The van der Waals surface area contributed by atoms with E-state index >= 15 is 0 Å². The second kappa shape index (κ2) is 10.2. The lowest BCUT2D eigenvalue weighted by atomic mass is 10.1. The van der Waals surface area contributed by atoms with Crippen LogP contribution in [0.1, 0.15) is 31.7 Å². The Labute approximate surface area is 148 Å². The predicted molar refractivity (Wildman–Crippen MR) is 93.1 cm³/mol. The van der Waals surface area contributed by atoms with Crippen molar-refractivity contribution in [2.24, 2.45) is 0 Å². The molecule has 1 heterocycles. The number of carbonyl (C=O) groups excluding carboxylic acids is 2. The molecule has 6 nitrogen and oxygen atoms in total. The number of nitrogens with one attached hydrogen (secondary N) is 1. The van der Waals surface area contributed by atoms with Gasteiger partial charge in [0.15, 0.2) is 0 Å². The maximum absolute atomic E-state index is 12.4. The Morgan fingerprint density at radius 1 is 1.28 bits per heavy atom. The van der Waals surface area contributed by atoms with Crippen molar-refractivity contribution < 1.29 is 23.8 Å². The molecule has 25 heavy (non-hydrogen) atoms. The fraction of sp³-hybridized carbons (Fsp3) is 0.579. The number of hydrogen-bond donors (Lipinski definition) is 1. The first-order chi connectivity index (χ1) is 12.1. The van der Waals surface area contributed by atoms with E-state index in [2.05, 4.69) is 5.32 Å². The van der Waals surface area contributed by atoms with E-state index in [0.29, 0.717) is 13.0 Å². The van der Waals surface area contributed by atoms with Crippen molar-refractivity contribution in [3.63, 3.8) is 0 Å². The van der Waals surface area contributed by atoms with E-state index in [1.807, 2.05) is 30.3 Å². The topological polar surface area (TPSA) is 73.9 Å². The van der Waals surface area contributed by atoms with Crippen molar-refractivity contribution in [2.45, 2.75) is 50.9 Å². The van der Waals surface area contributed by atoms with Crippen LogP contribution in [0, 0.1) is 0 Å². The summed E-state index contributed by atoms with van der Waals surface area (Å²) in [7, 11) is 1.31. The van der Waals surface area contributed by atoms with Crippen molar-refractivity contribution >= 4 is 11.9 Å². The number of hydrogen-bond acceptors (Lipinski definition) is 5. The number of rotatable bonds is 8. The molecule has 1 aromatic rings. The van der Waals surface area contributed by atoms with Gasteiger partial charge in [-0.05, 0) is 31.7 Å². The van der Waals surface area contributed by atoms with Crippen LogP contribution in [0.5, 0.6) is 0 Å². The smallest absolute Gasteiger partial charge is 0.328 e. The average Bonchev–Trinajstić information content (AvgIpc) is 2.66. The first-order valence-electron chi connectivity index (χ1n) is 8.75. The van der Waals surface area contributed by atoms with Gasteiger partial charge in [-0.15, -0.1) is 0 Å². The Hall–Kier alpha value is -1.92. The summed E-state index contributed by atoms with van der Waals surface area (Å²) in [4.78, 5) is 24.3. The Morgan fingerprint density at radius 3 is 2.68 bits per heavy atom. The van der Waals surface area contributed by atoms with Crippen LogP contribution >= 0.6 is 0 Å². The van der Waals surface area contributed by atoms with Crippen LogP contribution in [0.3, 0.4) is 0 Å². The third-order valence-electron chi connectivity index (χ3n) is 4.26. The first-order valence-corrected chi connectivity index (χ1v) is 8.75. The second-order valence-corrected chi connectivity index (χ2v) is 6.24. The van der Waals surface area contributed by atoms with Crippen molar-refractivity contribution in [2.75, 3.05) is 20.3 Å². The molecule has 1 aliphatic heterocycles. The summed E-state index contributed by atoms with van der Waals surface area (Å²) in [5.41, 5.74) is 0.947. The molecule has 1 fully saturated rings. The van der Waals surface area contributed by atoms with Gasteiger partial charge in [-0.3, -0.25) is 4.79 Å². The van der Waals surface area contributed by atoms with Crippen molar-refractivity contribution in [1.82, 2.24) is 5.32 Å². The average molecular weight is 349 g/mol. The summed E-state index contributed by atoms with van der Waals surface area (Å²) >= 11 is 0. The van der Waals surface area contributed by atoms with Crippen LogP contribution in [0.25, 0.3) is 0 Å². The quantitative estimate of drug-likeness (QED) is 0.725. The van der Waals surface area contributed by atoms with Gasteiger partial charge in [-0.1, -0.05) is 30.3 Å². The van der Waals surface area contributed by atoms with Crippen LogP contribution < -0.4 is 5.32 Å². The molecule has 2 rings (SSSR count). The van der Waals surface area contributed by atoms with Crippen LogP contribution in [-0.4, -0.2) is 50.4 Å². The molecular formula is C19H27NO5. The monoisotopic (exact) mass is 349 g/mol. The molecule has 1 amide bonds. The zero-order valence-corrected chi connectivity index (χ0v) is 14.9. The number of esters is 1. The highest BCUT2D eigenvalue weighted by atomic mass is 16.5. The van der Waals surface area contributed by atoms with Gasteiger partial charge in [0, 0.05) is 13.0 Å². The Morgan fingerprint density at radius 2 is 2.04 bits per heavy atom. The summed E-state index contributed by atoms with van der Waals surface area (Å²) in [6.45, 7) is 2.81. The van der Waals surface area contributed by atoms with E-state index in [0.717, 1.165) is 31.4 Å². The molecule has 0 unspecified atom stereocenters. The van der Waals surface area contributed by atoms with Gasteiger partial charge in [0.2, 0.25) is 5.91 Å². The normalized spacial score (nSPS) is 19.7. The van der Waals surface area contributed by atoms with Gasteiger partial charge >= 0.3 is 5.97 Å². The van der Waals surface area contributed by atoms with Gasteiger partial charge in [0.05, 0.1) is 19.8 Å². The first kappa shape index (κ1) is 19.4. The molecule has 0 aliphatic carbocycles. The molecule has 1 aliphatic rings. The number of methoxy groups -OCH3 is 1. The van der Waals surface area contributed by atoms with Gasteiger partial charge in [0.25, 0.3) is 0 Å². The molecule has 0 radical (unpaired) electrons. The van der Waals surface area contributed by atoms with Crippen molar-refractivity contribution in [3.05, 3.63) is 35.9 Å². The van der Waals surface area contributed by atoms with E-state index in [4.69, 9.17) is 14.2 Å². The van der Waals surface area contributed by atoms with Gasteiger partial charge < -0.3 is 19.5 Å². The highest BCUT2D eigenvalue weighted by molar-refractivity contribution is 5.86. The Bertz CT molecular complexity index is 542. The zero-order valence-electron chi connectivity index (χ0n) is 14.9. The predicted octanol–water partition coefficient (Wildman–Crippen LogP) is 1.86. The number of carbonyl (C=O) groups is 2. The van der Waals surface area contributed by atoms with Crippen LogP contribution in [0.4, 0.5) is 0 Å². The Kier molecular flexibility index (Phi) is 7.88. The maximum Gasteiger partial charge on any atom is 0.328 e. The van der Waals surface area contributed by atoms with E-state index in [9.17, 15) is 9.59 Å². The SMILES string of the molecule is COC(=O)[C@H](Cc1ccccc1)NC(=O)[C@@H](C)OC[C@H]1CCCCO1. The number of amides is 1. The lowest BCUT2D eigenvalue weighted by Crippen LogP contribution is -2.47. The summed E-state index contributed by atoms with van der Waals surface area (Å²) in [6.07, 6.45) is 2.91. The molecule has 0 bridgehead atoms. The van der Waals surface area contributed by atoms with Gasteiger partial charge in [0.1, 0.15) is 12.1 Å². The molecule has 1 saturated heterocycles. The molecule has 0 aromatic heterocycles. The largest absolute Gasteiger partial charge is 0.467 e. The van der Waals surface area contributed by atoms with Crippen LogP contribution in [-0.2, 0) is 30.2 Å². The lowest BCUT2D eigenvalue weighted by molar-refractivity contribution is -0.147. The minimum absolute atomic E-state index is 0.0460. The summed E-state index contributed by atoms with van der Waals surface area (Å²) in [5, 5.41) is 2.72. The number of ether oxygens (including phenoxy) is 3. The van der Waals surface area contributed by atoms with E-state index in [1.54, 1.807) is 6.92 Å². The highest BCUT2D eigenvalue weighted by Crippen LogP contribution is 2.13. The standard InChI is InChI=1S/C19H27NO5/c1-14(25-13-16-10-6-7-11-24-16)18(21)20-17(19(22)23-2)12-15-8-4-3-5-9-15/h3-5,8-9,14,16-17H,6-7,10-13H2,1-2H3,(H,20,21)/t14-,16-,17+/m1/s1. The highest BCUT2D eigenvalue weighted by Gasteiger charge is 2.25. The van der Waals surface area contributed by atoms with E-state index in [-0.39, 0.29) is 12.0 Å². The minimum Gasteiger partial charge on any atom is -0.467 e. The molecule has 3 atom stereocenters. The molecule has 0 spiro atoms. The van der Waals surface area contributed by atoms with E-state index < -0.39 is 18.1 Å².